The lowest BCUT2D eigenvalue weighted by Gasteiger charge is -2.18. The largest absolute Gasteiger partial charge is 0.493 e. The number of rotatable bonds is 6. The summed E-state index contributed by atoms with van der Waals surface area (Å²) in [5, 5.41) is 13.8. The summed E-state index contributed by atoms with van der Waals surface area (Å²) in [5.74, 6) is -0.283. The maximum atomic E-state index is 12.8. The lowest BCUT2D eigenvalue weighted by Crippen LogP contribution is -2.24. The van der Waals surface area contributed by atoms with Gasteiger partial charge >= 0.3 is 0 Å². The van der Waals surface area contributed by atoms with Gasteiger partial charge in [-0.25, -0.2) is 0 Å². The number of hydrogen-bond donors (Lipinski definition) is 1. The zero-order valence-corrected chi connectivity index (χ0v) is 16.2. The second-order valence-electron chi connectivity index (χ2n) is 6.11. The lowest BCUT2D eigenvalue weighted by atomic mass is 10.1. The van der Waals surface area contributed by atoms with E-state index in [0.717, 1.165) is 0 Å². The molecule has 2 aromatic carbocycles. The number of benzene rings is 2. The fraction of sp³-hybridized carbons (Fsp3) is 0.263. The van der Waals surface area contributed by atoms with E-state index in [9.17, 15) is 19.7 Å². The average molecular weight is 387 g/mol. The number of carbonyl (C=O) groups is 2. The van der Waals surface area contributed by atoms with Crippen LogP contribution in [0, 0.1) is 17.0 Å². The van der Waals surface area contributed by atoms with E-state index in [-0.39, 0.29) is 34.0 Å². The van der Waals surface area contributed by atoms with Gasteiger partial charge in [0.1, 0.15) is 0 Å². The Kier molecular flexibility index (Phi) is 6.19. The molecule has 0 fully saturated rings. The molecule has 148 valence electrons. The van der Waals surface area contributed by atoms with Crippen LogP contribution in [0.2, 0.25) is 0 Å². The molecule has 1 N–H and O–H groups in total. The van der Waals surface area contributed by atoms with Crippen LogP contribution >= 0.6 is 0 Å². The van der Waals surface area contributed by atoms with Crippen molar-refractivity contribution in [1.29, 1.82) is 0 Å². The van der Waals surface area contributed by atoms with E-state index in [4.69, 9.17) is 9.47 Å². The Morgan fingerprint density at radius 2 is 1.68 bits per heavy atom. The van der Waals surface area contributed by atoms with E-state index < -0.39 is 10.8 Å². The number of anilines is 1. The summed E-state index contributed by atoms with van der Waals surface area (Å²) in [5.41, 5.74) is 0.592. The Labute approximate surface area is 162 Å². The molecule has 9 heteroatoms. The zero-order valence-electron chi connectivity index (χ0n) is 16.2. The molecule has 2 rings (SSSR count). The summed E-state index contributed by atoms with van der Waals surface area (Å²) in [6.07, 6.45) is 0. The first kappa shape index (κ1) is 20.7. The molecule has 2 amide bonds. The molecule has 0 spiro atoms. The highest BCUT2D eigenvalue weighted by molar-refractivity contribution is 6.10. The minimum atomic E-state index is -0.582. The van der Waals surface area contributed by atoms with Gasteiger partial charge < -0.3 is 19.7 Å². The van der Waals surface area contributed by atoms with Crippen LogP contribution in [0.3, 0.4) is 0 Å². The van der Waals surface area contributed by atoms with Gasteiger partial charge in [0.2, 0.25) is 0 Å². The Morgan fingerprint density at radius 1 is 1.07 bits per heavy atom. The molecule has 0 bridgehead atoms. The van der Waals surface area contributed by atoms with Crippen molar-refractivity contribution in [3.8, 4) is 11.5 Å². The molecular weight excluding hydrogens is 366 g/mol. The fourth-order valence-electron chi connectivity index (χ4n) is 2.66. The van der Waals surface area contributed by atoms with Crippen molar-refractivity contribution in [2.75, 3.05) is 33.6 Å². The van der Waals surface area contributed by atoms with E-state index in [1.165, 1.54) is 56.4 Å². The van der Waals surface area contributed by atoms with Crippen molar-refractivity contribution in [3.05, 3.63) is 57.1 Å². The quantitative estimate of drug-likeness (QED) is 0.603. The van der Waals surface area contributed by atoms with Gasteiger partial charge in [-0.05, 0) is 19.1 Å². The maximum Gasteiger partial charge on any atom is 0.273 e. The van der Waals surface area contributed by atoms with Crippen molar-refractivity contribution in [2.24, 2.45) is 0 Å². The molecule has 0 saturated carbocycles. The number of amides is 2. The Balaban J connectivity index is 2.53. The fourth-order valence-corrected chi connectivity index (χ4v) is 2.66. The molecule has 2 aromatic rings. The minimum absolute atomic E-state index is 0.132. The molecule has 0 saturated heterocycles. The Hall–Kier alpha value is -3.62. The second kappa shape index (κ2) is 8.38. The maximum absolute atomic E-state index is 12.8. The average Bonchev–Trinajstić information content (AvgIpc) is 2.66. The van der Waals surface area contributed by atoms with Crippen molar-refractivity contribution >= 4 is 23.2 Å². The van der Waals surface area contributed by atoms with E-state index in [2.05, 4.69) is 5.32 Å². The predicted octanol–water partition coefficient (Wildman–Crippen LogP) is 2.87. The van der Waals surface area contributed by atoms with Crippen LogP contribution < -0.4 is 14.8 Å². The van der Waals surface area contributed by atoms with Crippen LogP contribution in [0.15, 0.2) is 30.3 Å². The first-order valence-electron chi connectivity index (χ1n) is 8.24. The van der Waals surface area contributed by atoms with Crippen LogP contribution in [0.1, 0.15) is 26.3 Å². The third-order valence-corrected chi connectivity index (χ3v) is 4.16. The predicted molar refractivity (Wildman–Crippen MR) is 103 cm³/mol. The normalized spacial score (nSPS) is 10.2. The summed E-state index contributed by atoms with van der Waals surface area (Å²) < 4.78 is 10.5. The van der Waals surface area contributed by atoms with Crippen molar-refractivity contribution in [2.45, 2.75) is 6.92 Å². The molecule has 0 aromatic heterocycles. The summed E-state index contributed by atoms with van der Waals surface area (Å²) in [4.78, 5) is 37.3. The number of nitro benzene ring substituents is 1. The third-order valence-electron chi connectivity index (χ3n) is 4.16. The van der Waals surface area contributed by atoms with Gasteiger partial charge in [0.05, 0.1) is 30.4 Å². The number of nitro groups is 1. The Morgan fingerprint density at radius 3 is 2.21 bits per heavy atom. The molecule has 0 aliphatic rings. The first-order valence-corrected chi connectivity index (χ1v) is 8.24. The zero-order chi connectivity index (χ0) is 21.0. The van der Waals surface area contributed by atoms with Gasteiger partial charge in [-0.3, -0.25) is 19.7 Å². The molecule has 0 atom stereocenters. The monoisotopic (exact) mass is 387 g/mol. The first-order chi connectivity index (χ1) is 13.2. The third kappa shape index (κ3) is 4.03. The molecule has 0 radical (unpaired) electrons. The topological polar surface area (TPSA) is 111 Å². The van der Waals surface area contributed by atoms with Crippen LogP contribution in [0.4, 0.5) is 11.4 Å². The van der Waals surface area contributed by atoms with Crippen LogP contribution in [0.25, 0.3) is 0 Å². The number of nitrogens with zero attached hydrogens (tertiary/aromatic N) is 2. The number of ether oxygens (including phenoxy) is 2. The molecule has 0 unspecified atom stereocenters. The number of hydrogen-bond acceptors (Lipinski definition) is 6. The van der Waals surface area contributed by atoms with Gasteiger partial charge in [-0.15, -0.1) is 0 Å². The van der Waals surface area contributed by atoms with E-state index in [1.807, 2.05) is 0 Å². The number of nitrogens with one attached hydrogen (secondary N) is 1. The SMILES string of the molecule is COc1cc(NC(=O)c2cccc([N+](=O)[O-])c2C)c(C(=O)N(C)C)cc1OC. The molecule has 0 heterocycles. The van der Waals surface area contributed by atoms with Crippen LogP contribution in [-0.2, 0) is 0 Å². The standard InChI is InChI=1S/C19H21N3O6/c1-11-12(7-6-8-15(11)22(25)26)18(23)20-14-10-17(28-5)16(27-4)9-13(14)19(24)21(2)3/h6-10H,1-5H3,(H,20,23). The molecule has 0 aliphatic carbocycles. The van der Waals surface area contributed by atoms with Crippen molar-refractivity contribution in [3.63, 3.8) is 0 Å². The summed E-state index contributed by atoms with van der Waals surface area (Å²) in [6, 6.07) is 7.17. The molecule has 28 heavy (non-hydrogen) atoms. The highest BCUT2D eigenvalue weighted by Gasteiger charge is 2.22. The Bertz CT molecular complexity index is 940. The number of methoxy groups -OCH3 is 2. The van der Waals surface area contributed by atoms with Crippen molar-refractivity contribution < 1.29 is 24.0 Å². The van der Waals surface area contributed by atoms with Gasteiger partial charge in [-0.2, -0.15) is 0 Å². The number of carbonyl (C=O) groups excluding carboxylic acids is 2. The summed E-state index contributed by atoms with van der Waals surface area (Å²) in [6.45, 7) is 1.49. The van der Waals surface area contributed by atoms with Crippen LogP contribution in [-0.4, -0.2) is 50.0 Å². The van der Waals surface area contributed by atoms with E-state index in [0.29, 0.717) is 11.5 Å². The molecule has 9 nitrogen and oxygen atoms in total. The van der Waals surface area contributed by atoms with Crippen LogP contribution in [0.5, 0.6) is 11.5 Å². The van der Waals surface area contributed by atoms with E-state index in [1.54, 1.807) is 14.1 Å². The molecular formula is C19H21N3O6. The highest BCUT2D eigenvalue weighted by Crippen LogP contribution is 2.34. The van der Waals surface area contributed by atoms with Gasteiger partial charge in [0.15, 0.2) is 11.5 Å². The summed E-state index contributed by atoms with van der Waals surface area (Å²) >= 11 is 0. The second-order valence-corrected chi connectivity index (χ2v) is 6.11. The van der Waals surface area contributed by atoms with Gasteiger partial charge in [-0.1, -0.05) is 6.07 Å². The van der Waals surface area contributed by atoms with Gasteiger partial charge in [0, 0.05) is 37.4 Å². The minimum Gasteiger partial charge on any atom is -0.493 e. The highest BCUT2D eigenvalue weighted by atomic mass is 16.6. The lowest BCUT2D eigenvalue weighted by molar-refractivity contribution is -0.385. The molecule has 0 aliphatic heterocycles. The smallest absolute Gasteiger partial charge is 0.273 e. The van der Waals surface area contributed by atoms with Crippen molar-refractivity contribution in [1.82, 2.24) is 4.90 Å². The summed E-state index contributed by atoms with van der Waals surface area (Å²) in [7, 11) is 6.03. The van der Waals surface area contributed by atoms with E-state index >= 15 is 0 Å². The van der Waals surface area contributed by atoms with Gasteiger partial charge in [0.25, 0.3) is 17.5 Å².